The van der Waals surface area contributed by atoms with Crippen LogP contribution < -0.4 is 0 Å². The van der Waals surface area contributed by atoms with Crippen LogP contribution in [0.25, 0.3) is 0 Å². The van der Waals surface area contributed by atoms with E-state index in [1.165, 1.54) is 6.08 Å². The molecule has 1 aromatic rings. The van der Waals surface area contributed by atoms with Gasteiger partial charge < -0.3 is 9.47 Å². The Bertz CT molecular complexity index is 564. The summed E-state index contributed by atoms with van der Waals surface area (Å²) in [7, 11) is 0. The highest BCUT2D eigenvalue weighted by atomic mass is 127. The largest absolute Gasteiger partial charge is 0.466 e. The van der Waals surface area contributed by atoms with Gasteiger partial charge in [-0.15, -0.1) is 0 Å². The van der Waals surface area contributed by atoms with Crippen molar-refractivity contribution >= 4 is 34.5 Å². The summed E-state index contributed by atoms with van der Waals surface area (Å²) < 4.78 is 10.9. The van der Waals surface area contributed by atoms with E-state index in [1.807, 2.05) is 25.1 Å². The molecule has 0 unspecified atom stereocenters. The van der Waals surface area contributed by atoms with Crippen molar-refractivity contribution < 1.29 is 19.1 Å². The van der Waals surface area contributed by atoms with Gasteiger partial charge in [-0.05, 0) is 67.0 Å². The third-order valence-electron chi connectivity index (χ3n) is 2.89. The van der Waals surface area contributed by atoms with Gasteiger partial charge in [-0.3, -0.25) is 4.79 Å². The second-order valence-corrected chi connectivity index (χ2v) is 5.99. The second kappa shape index (κ2) is 9.61. The number of allylic oxidation sites excluding steroid dienone is 1. The van der Waals surface area contributed by atoms with Crippen LogP contribution in [-0.4, -0.2) is 25.2 Å². The van der Waals surface area contributed by atoms with Gasteiger partial charge in [0.2, 0.25) is 0 Å². The van der Waals surface area contributed by atoms with E-state index in [4.69, 9.17) is 9.47 Å². The summed E-state index contributed by atoms with van der Waals surface area (Å²) in [4.78, 5) is 22.9. The van der Waals surface area contributed by atoms with Gasteiger partial charge in [-0.25, -0.2) is 4.79 Å². The molecule has 120 valence electrons. The van der Waals surface area contributed by atoms with E-state index in [0.717, 1.165) is 20.3 Å². The molecule has 0 radical (unpaired) electrons. The Hall–Kier alpha value is -1.37. The minimum absolute atomic E-state index is 0.218. The molecule has 0 spiro atoms. The molecule has 0 amide bonds. The zero-order chi connectivity index (χ0) is 16.5. The maximum atomic E-state index is 11.5. The molecule has 0 heterocycles. The highest BCUT2D eigenvalue weighted by molar-refractivity contribution is 14.1. The van der Waals surface area contributed by atoms with Gasteiger partial charge in [-0.2, -0.15) is 0 Å². The molecule has 4 nitrogen and oxygen atoms in total. The van der Waals surface area contributed by atoms with Gasteiger partial charge >= 0.3 is 11.9 Å². The van der Waals surface area contributed by atoms with E-state index < -0.39 is 0 Å². The maximum absolute atomic E-state index is 11.5. The first-order valence-corrected chi connectivity index (χ1v) is 8.31. The minimum atomic E-state index is -0.311. The number of halogens is 1. The molecule has 0 saturated carbocycles. The Morgan fingerprint density at radius 2 is 1.82 bits per heavy atom. The highest BCUT2D eigenvalue weighted by Gasteiger charge is 2.08. The third kappa shape index (κ3) is 6.60. The molecule has 0 saturated heterocycles. The van der Waals surface area contributed by atoms with Gasteiger partial charge in [0, 0.05) is 9.65 Å². The van der Waals surface area contributed by atoms with Gasteiger partial charge in [0.05, 0.1) is 19.6 Å². The Labute approximate surface area is 145 Å². The highest BCUT2D eigenvalue weighted by Crippen LogP contribution is 2.18. The van der Waals surface area contributed by atoms with Crippen molar-refractivity contribution in [2.45, 2.75) is 33.6 Å². The predicted molar refractivity (Wildman–Crippen MR) is 93.6 cm³/mol. The maximum Gasteiger partial charge on any atom is 0.330 e. The normalized spacial score (nSPS) is 11.2. The molecule has 0 aliphatic rings. The van der Waals surface area contributed by atoms with Crippen molar-refractivity contribution in [2.24, 2.45) is 0 Å². The summed E-state index contributed by atoms with van der Waals surface area (Å²) in [5.41, 5.74) is 2.99. The lowest BCUT2D eigenvalue weighted by atomic mass is 10.0. The van der Waals surface area contributed by atoms with Crippen LogP contribution in [0.5, 0.6) is 0 Å². The van der Waals surface area contributed by atoms with Gasteiger partial charge in [-0.1, -0.05) is 17.7 Å². The zero-order valence-electron chi connectivity index (χ0n) is 13.1. The number of esters is 2. The average molecular weight is 416 g/mol. The fraction of sp³-hybridized carbons (Fsp3) is 0.412. The number of benzene rings is 1. The third-order valence-corrected chi connectivity index (χ3v) is 3.90. The first-order chi connectivity index (χ1) is 10.5. The predicted octanol–water partition coefficient (Wildman–Crippen LogP) is 3.45. The fourth-order valence-corrected chi connectivity index (χ4v) is 2.73. The molecule has 0 aromatic heterocycles. The topological polar surface area (TPSA) is 52.6 Å². The standard InChI is InChI=1S/C17H21IO4/c1-4-21-16(19)9-12(3)8-14-7-6-13(10-15(14)18)11-17(20)22-5-2/h6-7,9-10H,4-5,8,11H2,1-3H3/b12-9+. The lowest BCUT2D eigenvalue weighted by Crippen LogP contribution is -2.08. The van der Waals surface area contributed by atoms with E-state index in [1.54, 1.807) is 13.8 Å². The Kier molecular flexibility index (Phi) is 8.16. The van der Waals surface area contributed by atoms with Crippen molar-refractivity contribution in [1.82, 2.24) is 0 Å². The zero-order valence-corrected chi connectivity index (χ0v) is 15.3. The van der Waals surface area contributed by atoms with E-state index in [9.17, 15) is 9.59 Å². The van der Waals surface area contributed by atoms with Crippen molar-refractivity contribution in [3.05, 3.63) is 44.5 Å². The minimum Gasteiger partial charge on any atom is -0.466 e. The van der Waals surface area contributed by atoms with Crippen LogP contribution in [0.1, 0.15) is 31.9 Å². The molecule has 1 rings (SSSR count). The molecule has 0 aliphatic heterocycles. The number of carbonyl (C=O) groups is 2. The first kappa shape index (κ1) is 18.7. The molecule has 0 aliphatic carbocycles. The van der Waals surface area contributed by atoms with Crippen molar-refractivity contribution in [1.29, 1.82) is 0 Å². The number of hydrogen-bond acceptors (Lipinski definition) is 4. The number of rotatable bonds is 7. The Balaban J connectivity index is 2.73. The van der Waals surface area contributed by atoms with Crippen LogP contribution in [-0.2, 0) is 31.9 Å². The Morgan fingerprint density at radius 1 is 1.14 bits per heavy atom. The summed E-state index contributed by atoms with van der Waals surface area (Å²) in [5, 5.41) is 0. The molecule has 0 atom stereocenters. The molecular weight excluding hydrogens is 395 g/mol. The van der Waals surface area contributed by atoms with Crippen LogP contribution >= 0.6 is 22.6 Å². The molecule has 5 heteroatoms. The fourth-order valence-electron chi connectivity index (χ4n) is 1.96. The van der Waals surface area contributed by atoms with Crippen LogP contribution in [0.4, 0.5) is 0 Å². The van der Waals surface area contributed by atoms with Crippen LogP contribution in [0, 0.1) is 3.57 Å². The van der Waals surface area contributed by atoms with Gasteiger partial charge in [0.15, 0.2) is 0 Å². The molecule has 1 aromatic carbocycles. The summed E-state index contributed by atoms with van der Waals surface area (Å²) in [5.74, 6) is -0.529. The Morgan fingerprint density at radius 3 is 2.41 bits per heavy atom. The number of ether oxygens (including phenoxy) is 2. The van der Waals surface area contributed by atoms with E-state index in [-0.39, 0.29) is 18.4 Å². The van der Waals surface area contributed by atoms with Crippen LogP contribution in [0.3, 0.4) is 0 Å². The second-order valence-electron chi connectivity index (χ2n) is 4.83. The smallest absolute Gasteiger partial charge is 0.330 e. The van der Waals surface area contributed by atoms with E-state index >= 15 is 0 Å². The number of carbonyl (C=O) groups excluding carboxylic acids is 2. The van der Waals surface area contributed by atoms with Crippen molar-refractivity contribution in [3.63, 3.8) is 0 Å². The molecular formula is C17H21IO4. The number of hydrogen-bond donors (Lipinski definition) is 0. The summed E-state index contributed by atoms with van der Waals surface area (Å²) >= 11 is 2.24. The van der Waals surface area contributed by atoms with Crippen LogP contribution in [0.2, 0.25) is 0 Å². The van der Waals surface area contributed by atoms with Crippen molar-refractivity contribution in [3.8, 4) is 0 Å². The molecule has 22 heavy (non-hydrogen) atoms. The van der Waals surface area contributed by atoms with E-state index in [0.29, 0.717) is 19.6 Å². The van der Waals surface area contributed by atoms with Crippen LogP contribution in [0.15, 0.2) is 29.8 Å². The SMILES string of the molecule is CCOC(=O)/C=C(\C)Cc1ccc(CC(=O)OCC)cc1I. The summed E-state index contributed by atoms with van der Waals surface area (Å²) in [6.45, 7) is 6.25. The lowest BCUT2D eigenvalue weighted by Gasteiger charge is -2.08. The van der Waals surface area contributed by atoms with Crippen molar-refractivity contribution in [2.75, 3.05) is 13.2 Å². The monoisotopic (exact) mass is 416 g/mol. The average Bonchev–Trinajstić information content (AvgIpc) is 2.42. The lowest BCUT2D eigenvalue weighted by molar-refractivity contribution is -0.142. The summed E-state index contributed by atoms with van der Waals surface area (Å²) in [6.07, 6.45) is 2.48. The molecule has 0 bridgehead atoms. The molecule has 0 fully saturated rings. The quantitative estimate of drug-likeness (QED) is 0.388. The first-order valence-electron chi connectivity index (χ1n) is 7.23. The van der Waals surface area contributed by atoms with E-state index in [2.05, 4.69) is 22.6 Å². The summed E-state index contributed by atoms with van der Waals surface area (Å²) in [6, 6.07) is 5.88. The van der Waals surface area contributed by atoms with Gasteiger partial charge in [0.1, 0.15) is 0 Å². The van der Waals surface area contributed by atoms with Gasteiger partial charge in [0.25, 0.3) is 0 Å². The molecule has 0 N–H and O–H groups in total.